The zero-order valence-electron chi connectivity index (χ0n) is 11.8. The van der Waals surface area contributed by atoms with E-state index in [1.54, 1.807) is 24.4 Å². The molecule has 110 valence electrons. The maximum Gasteiger partial charge on any atom is 0.337 e. The molecule has 6 nitrogen and oxygen atoms in total. The summed E-state index contributed by atoms with van der Waals surface area (Å²) in [5.41, 5.74) is 2.03. The minimum absolute atomic E-state index is 0.0674. The van der Waals surface area contributed by atoms with Crippen molar-refractivity contribution >= 4 is 17.8 Å². The standard InChI is InChI=1S/C16H12N2O4/c1-10-6-11(9-17-8-10)7-14(19)22-18-15(20)12-4-2-3-5-13(12)16(18)21/h2-6,8-9H,7H2,1H3. The molecule has 6 heteroatoms. The Balaban J connectivity index is 1.73. The molecule has 0 N–H and O–H groups in total. The van der Waals surface area contributed by atoms with Gasteiger partial charge in [-0.2, -0.15) is 0 Å². The van der Waals surface area contributed by atoms with Crippen LogP contribution < -0.4 is 0 Å². The second-order valence-corrected chi connectivity index (χ2v) is 4.96. The highest BCUT2D eigenvalue weighted by atomic mass is 16.7. The number of carbonyl (C=O) groups excluding carboxylic acids is 3. The Hall–Kier alpha value is -3.02. The second kappa shape index (κ2) is 5.40. The Morgan fingerprint density at radius 3 is 2.36 bits per heavy atom. The monoisotopic (exact) mass is 296 g/mol. The molecule has 0 fully saturated rings. The van der Waals surface area contributed by atoms with Gasteiger partial charge in [0.2, 0.25) is 0 Å². The van der Waals surface area contributed by atoms with Gasteiger partial charge in [-0.25, -0.2) is 4.79 Å². The number of rotatable bonds is 3. The summed E-state index contributed by atoms with van der Waals surface area (Å²) in [6.07, 6.45) is 3.14. The first-order valence-electron chi connectivity index (χ1n) is 6.65. The van der Waals surface area contributed by atoms with Crippen LogP contribution in [0.15, 0.2) is 42.7 Å². The Morgan fingerprint density at radius 1 is 1.14 bits per heavy atom. The van der Waals surface area contributed by atoms with Crippen LogP contribution in [0.3, 0.4) is 0 Å². The predicted molar refractivity (Wildman–Crippen MR) is 75.7 cm³/mol. The van der Waals surface area contributed by atoms with Crippen molar-refractivity contribution in [2.75, 3.05) is 0 Å². The molecular weight excluding hydrogens is 284 g/mol. The van der Waals surface area contributed by atoms with Crippen LogP contribution in [-0.4, -0.2) is 27.8 Å². The predicted octanol–water partition coefficient (Wildman–Crippen LogP) is 1.69. The van der Waals surface area contributed by atoms with E-state index in [4.69, 9.17) is 4.84 Å². The molecule has 0 bridgehead atoms. The average molecular weight is 296 g/mol. The molecule has 2 amide bonds. The van der Waals surface area contributed by atoms with E-state index in [0.29, 0.717) is 10.6 Å². The van der Waals surface area contributed by atoms with Gasteiger partial charge < -0.3 is 4.84 Å². The van der Waals surface area contributed by atoms with E-state index < -0.39 is 17.8 Å². The van der Waals surface area contributed by atoms with Gasteiger partial charge in [0.25, 0.3) is 11.8 Å². The Kier molecular flexibility index (Phi) is 3.42. The number of benzene rings is 1. The third-order valence-electron chi connectivity index (χ3n) is 3.23. The van der Waals surface area contributed by atoms with Crippen LogP contribution in [0.5, 0.6) is 0 Å². The number of hydrogen-bond acceptors (Lipinski definition) is 5. The number of fused-ring (bicyclic) bond motifs is 1. The van der Waals surface area contributed by atoms with Crippen LogP contribution in [0.25, 0.3) is 0 Å². The number of hydroxylamine groups is 2. The number of hydrogen-bond donors (Lipinski definition) is 0. The van der Waals surface area contributed by atoms with E-state index >= 15 is 0 Å². The molecule has 1 aromatic heterocycles. The lowest BCUT2D eigenvalue weighted by Gasteiger charge is -2.12. The van der Waals surface area contributed by atoms with Gasteiger partial charge >= 0.3 is 5.97 Å². The van der Waals surface area contributed by atoms with Gasteiger partial charge in [-0.05, 0) is 30.2 Å². The fourth-order valence-corrected chi connectivity index (χ4v) is 2.27. The number of imide groups is 1. The molecule has 0 radical (unpaired) electrons. The van der Waals surface area contributed by atoms with E-state index in [-0.39, 0.29) is 17.5 Å². The summed E-state index contributed by atoms with van der Waals surface area (Å²) in [5, 5.41) is 0.510. The van der Waals surface area contributed by atoms with Crippen LogP contribution in [0.4, 0.5) is 0 Å². The van der Waals surface area contributed by atoms with Crippen molar-refractivity contribution in [3.63, 3.8) is 0 Å². The maximum absolute atomic E-state index is 12.1. The first-order chi connectivity index (χ1) is 10.6. The van der Waals surface area contributed by atoms with Crippen molar-refractivity contribution in [1.29, 1.82) is 0 Å². The lowest BCUT2D eigenvalue weighted by atomic mass is 10.1. The largest absolute Gasteiger partial charge is 0.337 e. The quantitative estimate of drug-likeness (QED) is 0.805. The molecule has 0 unspecified atom stereocenters. The lowest BCUT2D eigenvalue weighted by molar-refractivity contribution is -0.167. The molecule has 0 saturated carbocycles. The van der Waals surface area contributed by atoms with E-state index in [1.807, 2.05) is 6.92 Å². The fraction of sp³-hybridized carbons (Fsp3) is 0.125. The van der Waals surface area contributed by atoms with Crippen molar-refractivity contribution < 1.29 is 19.2 Å². The fourth-order valence-electron chi connectivity index (χ4n) is 2.27. The van der Waals surface area contributed by atoms with Crippen molar-refractivity contribution in [2.45, 2.75) is 13.3 Å². The molecule has 2 aromatic rings. The zero-order valence-corrected chi connectivity index (χ0v) is 11.8. The van der Waals surface area contributed by atoms with Crippen molar-refractivity contribution in [1.82, 2.24) is 10.0 Å². The summed E-state index contributed by atoms with van der Waals surface area (Å²) in [7, 11) is 0. The maximum atomic E-state index is 12.1. The molecule has 0 saturated heterocycles. The third kappa shape index (κ3) is 2.46. The second-order valence-electron chi connectivity index (χ2n) is 4.96. The van der Waals surface area contributed by atoms with Gasteiger partial charge in [0.05, 0.1) is 17.5 Å². The molecule has 2 heterocycles. The van der Waals surface area contributed by atoms with Crippen LogP contribution >= 0.6 is 0 Å². The molecule has 0 atom stereocenters. The van der Waals surface area contributed by atoms with Gasteiger partial charge in [-0.15, -0.1) is 0 Å². The van der Waals surface area contributed by atoms with Crippen LogP contribution in [0, 0.1) is 6.92 Å². The van der Waals surface area contributed by atoms with Crippen LogP contribution in [-0.2, 0) is 16.1 Å². The zero-order chi connectivity index (χ0) is 15.7. The van der Waals surface area contributed by atoms with Crippen molar-refractivity contribution in [3.8, 4) is 0 Å². The molecule has 0 aliphatic carbocycles. The summed E-state index contributed by atoms with van der Waals surface area (Å²) < 4.78 is 0. The van der Waals surface area contributed by atoms with Gasteiger partial charge in [0.15, 0.2) is 0 Å². The molecular formula is C16H12N2O4. The molecule has 22 heavy (non-hydrogen) atoms. The third-order valence-corrected chi connectivity index (χ3v) is 3.23. The first kappa shape index (κ1) is 13.9. The van der Waals surface area contributed by atoms with Gasteiger partial charge in [-0.3, -0.25) is 14.6 Å². The highest BCUT2D eigenvalue weighted by Gasteiger charge is 2.38. The van der Waals surface area contributed by atoms with Crippen molar-refractivity contribution in [3.05, 3.63) is 65.0 Å². The van der Waals surface area contributed by atoms with Crippen molar-refractivity contribution in [2.24, 2.45) is 0 Å². The summed E-state index contributed by atoms with van der Waals surface area (Å²) >= 11 is 0. The lowest BCUT2D eigenvalue weighted by Crippen LogP contribution is -2.33. The number of aromatic nitrogens is 1. The summed E-state index contributed by atoms with van der Waals surface area (Å²) in [4.78, 5) is 45.0. The van der Waals surface area contributed by atoms with Gasteiger partial charge in [0.1, 0.15) is 0 Å². The topological polar surface area (TPSA) is 76.6 Å². The van der Waals surface area contributed by atoms with Gasteiger partial charge in [0, 0.05) is 12.4 Å². The number of aryl methyl sites for hydroxylation is 1. The van der Waals surface area contributed by atoms with Gasteiger partial charge in [-0.1, -0.05) is 23.3 Å². The highest BCUT2D eigenvalue weighted by Crippen LogP contribution is 2.22. The first-order valence-corrected chi connectivity index (χ1v) is 6.65. The van der Waals surface area contributed by atoms with Crippen LogP contribution in [0.1, 0.15) is 31.8 Å². The summed E-state index contributed by atoms with van der Waals surface area (Å²) in [5.74, 6) is -1.95. The summed E-state index contributed by atoms with van der Waals surface area (Å²) in [6.45, 7) is 1.85. The number of pyridine rings is 1. The molecule has 1 aliphatic heterocycles. The highest BCUT2D eigenvalue weighted by molar-refractivity contribution is 6.20. The van der Waals surface area contributed by atoms with E-state index in [2.05, 4.69) is 4.98 Å². The Bertz CT molecular complexity index is 750. The van der Waals surface area contributed by atoms with Crippen LogP contribution in [0.2, 0.25) is 0 Å². The molecule has 0 spiro atoms. The van der Waals surface area contributed by atoms with E-state index in [9.17, 15) is 14.4 Å². The number of amides is 2. The normalized spacial score (nSPS) is 13.2. The Morgan fingerprint density at radius 2 is 1.77 bits per heavy atom. The molecule has 3 rings (SSSR count). The molecule has 1 aromatic carbocycles. The van der Waals surface area contributed by atoms with E-state index in [1.165, 1.54) is 18.3 Å². The van der Waals surface area contributed by atoms with E-state index in [0.717, 1.165) is 5.56 Å². The minimum Gasteiger partial charge on any atom is -0.329 e. The Labute approximate surface area is 126 Å². The SMILES string of the molecule is Cc1cncc(CC(=O)ON2C(=O)c3ccccc3C2=O)c1. The number of nitrogens with zero attached hydrogens (tertiary/aromatic N) is 2. The number of carbonyl (C=O) groups is 3. The summed E-state index contributed by atoms with van der Waals surface area (Å²) in [6, 6.07) is 8.12. The molecule has 1 aliphatic rings. The minimum atomic E-state index is -0.693. The smallest absolute Gasteiger partial charge is 0.329 e. The average Bonchev–Trinajstić information content (AvgIpc) is 2.73.